The van der Waals surface area contributed by atoms with Gasteiger partial charge in [0.2, 0.25) is 0 Å². The Kier molecular flexibility index (Phi) is 8.41. The third-order valence-electron chi connectivity index (χ3n) is 4.83. The summed E-state index contributed by atoms with van der Waals surface area (Å²) in [5.74, 6) is -2.97. The van der Waals surface area contributed by atoms with Crippen LogP contribution in [0.2, 0.25) is 10.0 Å². The SMILES string of the molecule is CCn1c(CO)nn(-c2cc(O[C@@H](CF)C(F)F)c(C(=O)Nc3c(Cl)cccc3Cl)cc2F)c1=O. The second-order valence-electron chi connectivity index (χ2n) is 7.01. The fraction of sp³-hybridized carbons (Fsp3) is 0.286. The fourth-order valence-electron chi connectivity index (χ4n) is 3.12. The van der Waals surface area contributed by atoms with Gasteiger partial charge in [-0.25, -0.2) is 22.4 Å². The molecule has 35 heavy (non-hydrogen) atoms. The number of alkyl halides is 3. The number of hydrogen-bond donors (Lipinski definition) is 2. The van der Waals surface area contributed by atoms with Crippen molar-refractivity contribution in [3.63, 3.8) is 0 Å². The van der Waals surface area contributed by atoms with Crippen LogP contribution in [0.5, 0.6) is 5.75 Å². The molecule has 14 heteroatoms. The molecule has 0 saturated heterocycles. The molecule has 1 heterocycles. The number of amides is 1. The van der Waals surface area contributed by atoms with Crippen molar-refractivity contribution in [1.29, 1.82) is 0 Å². The average molecular weight is 537 g/mol. The van der Waals surface area contributed by atoms with Crippen molar-refractivity contribution in [2.75, 3.05) is 12.0 Å². The maximum absolute atomic E-state index is 15.1. The van der Waals surface area contributed by atoms with Crippen LogP contribution in [0.1, 0.15) is 23.1 Å². The van der Waals surface area contributed by atoms with Crippen LogP contribution >= 0.6 is 23.2 Å². The summed E-state index contributed by atoms with van der Waals surface area (Å²) in [6.07, 6.45) is -5.58. The molecule has 0 bridgehead atoms. The smallest absolute Gasteiger partial charge is 0.350 e. The van der Waals surface area contributed by atoms with E-state index in [4.69, 9.17) is 27.9 Å². The van der Waals surface area contributed by atoms with Gasteiger partial charge in [-0.15, -0.1) is 5.10 Å². The monoisotopic (exact) mass is 536 g/mol. The molecule has 0 fully saturated rings. The van der Waals surface area contributed by atoms with Gasteiger partial charge in [0, 0.05) is 12.6 Å². The number of anilines is 1. The van der Waals surface area contributed by atoms with Crippen molar-refractivity contribution in [3.8, 4) is 11.4 Å². The quantitative estimate of drug-likeness (QED) is 0.399. The minimum absolute atomic E-state index is 0.0350. The van der Waals surface area contributed by atoms with Crippen LogP contribution in [0.25, 0.3) is 5.69 Å². The largest absolute Gasteiger partial charge is 0.481 e. The molecule has 0 aliphatic carbocycles. The van der Waals surface area contributed by atoms with Crippen molar-refractivity contribution >= 4 is 34.8 Å². The molecule has 3 aromatic rings. The second-order valence-corrected chi connectivity index (χ2v) is 7.82. The molecule has 1 atom stereocenters. The van der Waals surface area contributed by atoms with Crippen molar-refractivity contribution in [1.82, 2.24) is 14.3 Å². The van der Waals surface area contributed by atoms with E-state index in [9.17, 15) is 27.9 Å². The van der Waals surface area contributed by atoms with Gasteiger partial charge >= 0.3 is 5.69 Å². The summed E-state index contributed by atoms with van der Waals surface area (Å²) in [4.78, 5) is 25.5. The van der Waals surface area contributed by atoms with E-state index in [0.29, 0.717) is 10.7 Å². The Balaban J connectivity index is 2.15. The van der Waals surface area contributed by atoms with Crippen molar-refractivity contribution in [2.24, 2.45) is 0 Å². The number of aliphatic hydroxyl groups is 1. The van der Waals surface area contributed by atoms with E-state index in [2.05, 4.69) is 10.4 Å². The molecule has 3 rings (SSSR count). The number of aliphatic hydroxyl groups excluding tert-OH is 1. The van der Waals surface area contributed by atoms with Crippen LogP contribution in [-0.2, 0) is 13.2 Å². The molecule has 1 aromatic heterocycles. The molecular weight excluding hydrogens is 519 g/mol. The van der Waals surface area contributed by atoms with Gasteiger partial charge in [-0.1, -0.05) is 29.3 Å². The van der Waals surface area contributed by atoms with Crippen LogP contribution in [-0.4, -0.2) is 44.6 Å². The highest BCUT2D eigenvalue weighted by Crippen LogP contribution is 2.32. The van der Waals surface area contributed by atoms with Crippen molar-refractivity contribution < 1.29 is 32.2 Å². The van der Waals surface area contributed by atoms with Crippen LogP contribution in [0.3, 0.4) is 0 Å². The van der Waals surface area contributed by atoms with Gasteiger partial charge in [0.05, 0.1) is 21.3 Å². The zero-order valence-electron chi connectivity index (χ0n) is 17.9. The number of para-hydroxylation sites is 1. The number of benzene rings is 2. The lowest BCUT2D eigenvalue weighted by Crippen LogP contribution is -2.29. The minimum Gasteiger partial charge on any atom is -0.481 e. The molecule has 2 aromatic carbocycles. The van der Waals surface area contributed by atoms with Gasteiger partial charge in [0.25, 0.3) is 12.3 Å². The summed E-state index contributed by atoms with van der Waals surface area (Å²) in [6.45, 7) is -0.594. The number of carbonyl (C=O) groups is 1. The molecule has 0 aliphatic rings. The van der Waals surface area contributed by atoms with Gasteiger partial charge in [0.1, 0.15) is 30.5 Å². The van der Waals surface area contributed by atoms with E-state index >= 15 is 4.39 Å². The summed E-state index contributed by atoms with van der Waals surface area (Å²) in [5, 5.41) is 15.7. The average Bonchev–Trinajstić information content (AvgIpc) is 3.15. The first-order chi connectivity index (χ1) is 16.6. The van der Waals surface area contributed by atoms with Gasteiger partial charge in [0.15, 0.2) is 11.9 Å². The fourth-order valence-corrected chi connectivity index (χ4v) is 3.61. The summed E-state index contributed by atoms with van der Waals surface area (Å²) >= 11 is 12.1. The first kappa shape index (κ1) is 26.5. The molecule has 8 nitrogen and oxygen atoms in total. The van der Waals surface area contributed by atoms with E-state index < -0.39 is 60.2 Å². The number of ether oxygens (including phenoxy) is 1. The highest BCUT2D eigenvalue weighted by Gasteiger charge is 2.28. The lowest BCUT2D eigenvalue weighted by Gasteiger charge is -2.19. The van der Waals surface area contributed by atoms with Crippen LogP contribution < -0.4 is 15.7 Å². The van der Waals surface area contributed by atoms with Crippen molar-refractivity contribution in [2.45, 2.75) is 32.6 Å². The van der Waals surface area contributed by atoms with E-state index in [1.54, 1.807) is 6.92 Å². The molecule has 0 radical (unpaired) electrons. The van der Waals surface area contributed by atoms with Gasteiger partial charge in [-0.05, 0) is 25.1 Å². The Morgan fingerprint density at radius 1 is 1.26 bits per heavy atom. The number of hydrogen-bond acceptors (Lipinski definition) is 5. The topological polar surface area (TPSA) is 98.4 Å². The number of rotatable bonds is 9. The number of nitrogens with one attached hydrogen (secondary N) is 1. The predicted octanol–water partition coefficient (Wildman–Crippen LogP) is 4.23. The molecule has 0 spiro atoms. The highest BCUT2D eigenvalue weighted by atomic mass is 35.5. The first-order valence-corrected chi connectivity index (χ1v) is 10.8. The van der Waals surface area contributed by atoms with Crippen LogP contribution in [0.4, 0.5) is 23.2 Å². The Bertz CT molecular complexity index is 1280. The summed E-state index contributed by atoms with van der Waals surface area (Å²) < 4.78 is 61.3. The minimum atomic E-state index is -3.29. The van der Waals surface area contributed by atoms with E-state index in [0.717, 1.165) is 10.6 Å². The van der Waals surface area contributed by atoms with E-state index in [1.807, 2.05) is 0 Å². The molecule has 1 amide bonds. The molecule has 0 aliphatic heterocycles. The summed E-state index contributed by atoms with van der Waals surface area (Å²) in [6, 6.07) is 5.71. The Morgan fingerprint density at radius 3 is 2.43 bits per heavy atom. The zero-order chi connectivity index (χ0) is 25.9. The van der Waals surface area contributed by atoms with E-state index in [-0.39, 0.29) is 28.1 Å². The lowest BCUT2D eigenvalue weighted by molar-refractivity contribution is -0.00158. The van der Waals surface area contributed by atoms with Crippen molar-refractivity contribution in [3.05, 3.63) is 68.1 Å². The first-order valence-electron chi connectivity index (χ1n) is 10.0. The Morgan fingerprint density at radius 2 is 1.91 bits per heavy atom. The predicted molar refractivity (Wildman–Crippen MR) is 120 cm³/mol. The number of aromatic nitrogens is 3. The Labute approximate surface area is 205 Å². The van der Waals surface area contributed by atoms with Gasteiger partial charge in [-0.3, -0.25) is 9.36 Å². The van der Waals surface area contributed by atoms with Crippen LogP contribution in [0, 0.1) is 5.82 Å². The third-order valence-corrected chi connectivity index (χ3v) is 5.46. The van der Waals surface area contributed by atoms with Gasteiger partial charge < -0.3 is 15.2 Å². The van der Waals surface area contributed by atoms with Crippen LogP contribution in [0.15, 0.2) is 35.1 Å². The molecular formula is C21H18Cl2F4N4O4. The summed E-state index contributed by atoms with van der Waals surface area (Å²) in [7, 11) is 0. The normalized spacial score (nSPS) is 12.1. The standard InChI is InChI=1S/C21H18Cl2F4N4O4/c1-2-30-17(9-32)29-31(21(30)34)14-7-15(35-16(8-24)19(26)27)10(6-13(14)25)20(33)28-18-11(22)4-3-5-12(18)23/h3-7,16,19,32H,2,8-9H2,1H3,(H,28,33)/t16-/m0/s1. The van der Waals surface area contributed by atoms with Gasteiger partial charge in [-0.2, -0.15) is 4.68 Å². The maximum Gasteiger partial charge on any atom is 0.350 e. The number of nitrogens with zero attached hydrogens (tertiary/aromatic N) is 3. The molecule has 188 valence electrons. The Hall–Kier alpha value is -3.09. The lowest BCUT2D eigenvalue weighted by atomic mass is 10.1. The number of carbonyl (C=O) groups excluding carboxylic acids is 1. The third kappa shape index (κ3) is 5.44. The summed E-state index contributed by atoms with van der Waals surface area (Å²) in [5.41, 5.74) is -2.08. The number of halogens is 6. The highest BCUT2D eigenvalue weighted by molar-refractivity contribution is 6.40. The molecule has 0 saturated carbocycles. The van der Waals surface area contributed by atoms with E-state index in [1.165, 1.54) is 18.2 Å². The maximum atomic E-state index is 15.1. The zero-order valence-corrected chi connectivity index (χ0v) is 19.5. The second kappa shape index (κ2) is 11.1. The molecule has 0 unspecified atom stereocenters. The molecule has 2 N–H and O–H groups in total.